The van der Waals surface area contributed by atoms with Crippen molar-refractivity contribution in [3.05, 3.63) is 0 Å². The molecule has 0 heterocycles. The van der Waals surface area contributed by atoms with Crippen LogP contribution < -0.4 is 5.73 Å². The van der Waals surface area contributed by atoms with E-state index in [1.807, 2.05) is 0 Å². The molecule has 1 atom stereocenters. The number of rotatable bonds is 3. The average molecular weight is 153 g/mol. The minimum absolute atomic E-state index is 0.326. The molecule has 0 spiro atoms. The zero-order valence-corrected chi connectivity index (χ0v) is 6.21. The summed E-state index contributed by atoms with van der Waals surface area (Å²) in [6.07, 6.45) is 0.379. The molecule has 0 aromatic rings. The Kier molecular flexibility index (Phi) is 3.36. The lowest BCUT2D eigenvalue weighted by Crippen LogP contribution is -2.10. The molecular weight excluding hydrogens is 141 g/mol. The maximum absolute atomic E-state index is 10.4. The Morgan fingerprint density at radius 2 is 2.11 bits per heavy atom. The normalized spacial score (nSPS) is 15.6. The molecule has 1 unspecified atom stereocenters. The predicted molar refractivity (Wildman–Crippen MR) is 35.2 cm³/mol. The van der Waals surface area contributed by atoms with Gasteiger partial charge in [-0.2, -0.15) is 0 Å². The quantitative estimate of drug-likeness (QED) is 0.494. The fraction of sp³-hybridized carbons (Fsp3) is 1.00. The van der Waals surface area contributed by atoms with E-state index in [1.165, 1.54) is 6.92 Å². The highest BCUT2D eigenvalue weighted by atomic mass is 31.2. The first-order valence-electron chi connectivity index (χ1n) is 2.73. The smallest absolute Gasteiger partial charge is 0.328 e. The van der Waals surface area contributed by atoms with Crippen molar-refractivity contribution >= 4 is 7.60 Å². The molecule has 0 rings (SSSR count). The van der Waals surface area contributed by atoms with Gasteiger partial charge >= 0.3 is 7.60 Å². The highest BCUT2D eigenvalue weighted by Gasteiger charge is 2.22. The molecule has 0 aromatic carbocycles. The zero-order valence-electron chi connectivity index (χ0n) is 5.32. The van der Waals surface area contributed by atoms with Crippen LogP contribution in [-0.4, -0.2) is 22.0 Å². The van der Waals surface area contributed by atoms with Crippen LogP contribution in [0.5, 0.6) is 0 Å². The van der Waals surface area contributed by atoms with Crippen LogP contribution in [0.2, 0.25) is 0 Å². The molecule has 0 fully saturated rings. The van der Waals surface area contributed by atoms with Crippen LogP contribution >= 0.6 is 7.60 Å². The molecule has 0 amide bonds. The van der Waals surface area contributed by atoms with E-state index in [2.05, 4.69) is 0 Å². The van der Waals surface area contributed by atoms with Crippen LogP contribution in [-0.2, 0) is 4.57 Å². The molecule has 0 aliphatic heterocycles. The van der Waals surface area contributed by atoms with Gasteiger partial charge in [0.1, 0.15) is 0 Å². The lowest BCUT2D eigenvalue weighted by molar-refractivity contribution is 0.358. The molecule has 4 nitrogen and oxygen atoms in total. The van der Waals surface area contributed by atoms with E-state index in [-0.39, 0.29) is 0 Å². The third-order valence-corrected chi connectivity index (χ3v) is 2.57. The minimum Gasteiger partial charge on any atom is -0.330 e. The Morgan fingerprint density at radius 3 is 2.22 bits per heavy atom. The van der Waals surface area contributed by atoms with E-state index in [9.17, 15) is 4.57 Å². The Balaban J connectivity index is 3.74. The summed E-state index contributed by atoms with van der Waals surface area (Å²) in [6, 6.07) is 0. The number of hydrogen-bond donors (Lipinski definition) is 3. The molecule has 56 valence electrons. The van der Waals surface area contributed by atoms with Crippen molar-refractivity contribution in [3.8, 4) is 0 Å². The van der Waals surface area contributed by atoms with Crippen LogP contribution in [0.4, 0.5) is 0 Å². The fourth-order valence-corrected chi connectivity index (χ4v) is 0.895. The van der Waals surface area contributed by atoms with E-state index < -0.39 is 13.3 Å². The van der Waals surface area contributed by atoms with Crippen LogP contribution in [0.25, 0.3) is 0 Å². The second kappa shape index (κ2) is 3.32. The van der Waals surface area contributed by atoms with E-state index in [0.717, 1.165) is 0 Å². The van der Waals surface area contributed by atoms with Crippen LogP contribution in [0.3, 0.4) is 0 Å². The molecule has 0 saturated heterocycles. The molecule has 4 N–H and O–H groups in total. The molecule has 5 heteroatoms. The Bertz CT molecular complexity index is 121. The van der Waals surface area contributed by atoms with Crippen LogP contribution in [0.15, 0.2) is 0 Å². The van der Waals surface area contributed by atoms with Crippen LogP contribution in [0.1, 0.15) is 13.3 Å². The first-order valence-corrected chi connectivity index (χ1v) is 4.42. The Hall–Kier alpha value is 0.110. The molecule has 0 aliphatic carbocycles. The van der Waals surface area contributed by atoms with Gasteiger partial charge in [0, 0.05) is 0 Å². The third-order valence-electron chi connectivity index (χ3n) is 1.16. The highest BCUT2D eigenvalue weighted by molar-refractivity contribution is 7.52. The third kappa shape index (κ3) is 3.65. The van der Waals surface area contributed by atoms with Gasteiger partial charge in [0.25, 0.3) is 0 Å². The SMILES string of the molecule is CC(CCN)P(=O)(O)O. The van der Waals surface area contributed by atoms with Crippen molar-refractivity contribution in [2.24, 2.45) is 5.73 Å². The van der Waals surface area contributed by atoms with Gasteiger partial charge in [-0.05, 0) is 13.0 Å². The first-order chi connectivity index (χ1) is 3.98. The maximum atomic E-state index is 10.4. The molecule has 0 aliphatic rings. The lowest BCUT2D eigenvalue weighted by Gasteiger charge is -2.10. The van der Waals surface area contributed by atoms with Crippen molar-refractivity contribution in [1.82, 2.24) is 0 Å². The van der Waals surface area contributed by atoms with Gasteiger partial charge in [0.2, 0.25) is 0 Å². The zero-order chi connectivity index (χ0) is 7.49. The summed E-state index contributed by atoms with van der Waals surface area (Å²) >= 11 is 0. The predicted octanol–water partition coefficient (Wildman–Crippen LogP) is -0.0986. The number of nitrogens with two attached hydrogens (primary N) is 1. The molecule has 9 heavy (non-hydrogen) atoms. The first kappa shape index (κ1) is 9.11. The van der Waals surface area contributed by atoms with Gasteiger partial charge in [0.15, 0.2) is 0 Å². The van der Waals surface area contributed by atoms with E-state index in [1.54, 1.807) is 0 Å². The summed E-state index contributed by atoms with van der Waals surface area (Å²) in [5.41, 5.74) is 4.49. The minimum atomic E-state index is -3.85. The summed E-state index contributed by atoms with van der Waals surface area (Å²) in [5, 5.41) is 0. The van der Waals surface area contributed by atoms with Crippen molar-refractivity contribution < 1.29 is 14.4 Å². The molecule has 0 aromatic heterocycles. The standard InChI is InChI=1S/C4H12NO3P/c1-4(2-3-5)9(6,7)8/h4H,2-3,5H2,1H3,(H2,6,7,8). The lowest BCUT2D eigenvalue weighted by atomic mass is 10.3. The summed E-state index contributed by atoms with van der Waals surface area (Å²) in [5.74, 6) is 0. The molecule has 0 radical (unpaired) electrons. The van der Waals surface area contributed by atoms with Gasteiger partial charge in [-0.3, -0.25) is 4.57 Å². The topological polar surface area (TPSA) is 83.6 Å². The van der Waals surface area contributed by atoms with Crippen molar-refractivity contribution in [3.63, 3.8) is 0 Å². The van der Waals surface area contributed by atoms with Crippen LogP contribution in [0, 0.1) is 0 Å². The second-order valence-electron chi connectivity index (χ2n) is 2.02. The summed E-state index contributed by atoms with van der Waals surface area (Å²) < 4.78 is 10.4. The summed E-state index contributed by atoms with van der Waals surface area (Å²) in [7, 11) is -3.85. The summed E-state index contributed by atoms with van der Waals surface area (Å²) in [4.78, 5) is 16.9. The molecule has 0 bridgehead atoms. The largest absolute Gasteiger partial charge is 0.330 e. The Morgan fingerprint density at radius 1 is 1.67 bits per heavy atom. The fourth-order valence-electron chi connectivity index (χ4n) is 0.409. The molecular formula is C4H12NO3P. The van der Waals surface area contributed by atoms with E-state index >= 15 is 0 Å². The van der Waals surface area contributed by atoms with Crippen molar-refractivity contribution in [2.45, 2.75) is 19.0 Å². The highest BCUT2D eigenvalue weighted by Crippen LogP contribution is 2.41. The Labute approximate surface area is 54.2 Å². The van der Waals surface area contributed by atoms with E-state index in [0.29, 0.717) is 13.0 Å². The van der Waals surface area contributed by atoms with Gasteiger partial charge in [-0.1, -0.05) is 6.92 Å². The monoisotopic (exact) mass is 153 g/mol. The van der Waals surface area contributed by atoms with Gasteiger partial charge < -0.3 is 15.5 Å². The average Bonchev–Trinajstić information content (AvgIpc) is 1.64. The van der Waals surface area contributed by atoms with Gasteiger partial charge in [0.05, 0.1) is 5.66 Å². The number of hydrogen-bond acceptors (Lipinski definition) is 2. The molecule has 0 saturated carbocycles. The second-order valence-corrected chi connectivity index (χ2v) is 4.08. The van der Waals surface area contributed by atoms with Crippen molar-refractivity contribution in [1.29, 1.82) is 0 Å². The van der Waals surface area contributed by atoms with Crippen molar-refractivity contribution in [2.75, 3.05) is 6.54 Å². The maximum Gasteiger partial charge on any atom is 0.328 e. The van der Waals surface area contributed by atoms with E-state index in [4.69, 9.17) is 15.5 Å². The van der Waals surface area contributed by atoms with Gasteiger partial charge in [-0.15, -0.1) is 0 Å². The summed E-state index contributed by atoms with van der Waals surface area (Å²) in [6.45, 7) is 1.82. The van der Waals surface area contributed by atoms with Gasteiger partial charge in [-0.25, -0.2) is 0 Å².